The lowest BCUT2D eigenvalue weighted by Gasteiger charge is -2.30. The first-order valence-corrected chi connectivity index (χ1v) is 7.61. The van der Waals surface area contributed by atoms with Crippen LogP contribution in [0.1, 0.15) is 23.2 Å². The Morgan fingerprint density at radius 2 is 2.00 bits per heavy atom. The zero-order valence-corrected chi connectivity index (χ0v) is 12.2. The van der Waals surface area contributed by atoms with Crippen LogP contribution < -0.4 is 11.5 Å². The highest BCUT2D eigenvalue weighted by Gasteiger charge is 2.26. The molecule has 0 saturated carbocycles. The van der Waals surface area contributed by atoms with Crippen LogP contribution in [-0.4, -0.2) is 34.8 Å². The summed E-state index contributed by atoms with van der Waals surface area (Å²) in [5, 5.41) is 0.497. The number of primary amides is 1. The van der Waals surface area contributed by atoms with Gasteiger partial charge in [-0.25, -0.2) is 4.98 Å². The van der Waals surface area contributed by atoms with E-state index in [9.17, 15) is 9.59 Å². The van der Waals surface area contributed by atoms with Crippen molar-refractivity contribution in [2.24, 2.45) is 11.7 Å². The van der Waals surface area contributed by atoms with Crippen molar-refractivity contribution < 1.29 is 9.59 Å². The first-order chi connectivity index (χ1) is 10.0. The molecule has 1 aliphatic rings. The molecule has 1 aromatic heterocycles. The molecule has 1 aliphatic heterocycles. The van der Waals surface area contributed by atoms with E-state index in [4.69, 9.17) is 11.5 Å². The van der Waals surface area contributed by atoms with Crippen LogP contribution >= 0.6 is 11.3 Å². The minimum Gasteiger partial charge on any atom is -0.375 e. The number of likely N-dealkylation sites (tertiary alicyclic amines) is 1. The number of hydrogen-bond donors (Lipinski definition) is 2. The lowest BCUT2D eigenvalue weighted by atomic mass is 9.96. The van der Waals surface area contributed by atoms with E-state index >= 15 is 0 Å². The number of fused-ring (bicyclic) bond motifs is 1. The summed E-state index contributed by atoms with van der Waals surface area (Å²) in [6.45, 7) is 1.13. The molecular weight excluding hydrogens is 288 g/mol. The maximum Gasteiger partial charge on any atom is 0.253 e. The van der Waals surface area contributed by atoms with Gasteiger partial charge < -0.3 is 16.4 Å². The van der Waals surface area contributed by atoms with Gasteiger partial charge in [0.15, 0.2) is 5.13 Å². The first kappa shape index (κ1) is 13.8. The molecule has 21 heavy (non-hydrogen) atoms. The van der Waals surface area contributed by atoms with Crippen LogP contribution in [0.3, 0.4) is 0 Å². The van der Waals surface area contributed by atoms with Gasteiger partial charge >= 0.3 is 0 Å². The fourth-order valence-electron chi connectivity index (χ4n) is 2.63. The van der Waals surface area contributed by atoms with E-state index < -0.39 is 0 Å². The van der Waals surface area contributed by atoms with Crippen molar-refractivity contribution >= 4 is 38.5 Å². The Bertz CT molecular complexity index is 704. The third-order valence-corrected chi connectivity index (χ3v) is 4.68. The Balaban J connectivity index is 1.76. The summed E-state index contributed by atoms with van der Waals surface area (Å²) in [6, 6.07) is 5.40. The van der Waals surface area contributed by atoms with Crippen molar-refractivity contribution in [3.8, 4) is 0 Å². The van der Waals surface area contributed by atoms with Crippen LogP contribution in [0, 0.1) is 5.92 Å². The maximum absolute atomic E-state index is 12.5. The number of hydrogen-bond acceptors (Lipinski definition) is 5. The second-order valence-corrected chi connectivity index (χ2v) is 6.27. The highest BCUT2D eigenvalue weighted by atomic mass is 32.1. The van der Waals surface area contributed by atoms with Crippen LogP contribution in [0.15, 0.2) is 18.2 Å². The van der Waals surface area contributed by atoms with Crippen molar-refractivity contribution in [1.82, 2.24) is 9.88 Å². The molecule has 0 bridgehead atoms. The molecule has 2 heterocycles. The van der Waals surface area contributed by atoms with E-state index in [1.807, 2.05) is 12.1 Å². The number of carbonyl (C=O) groups is 2. The summed E-state index contributed by atoms with van der Waals surface area (Å²) < 4.78 is 0.908. The molecule has 1 aromatic carbocycles. The number of piperidine rings is 1. The summed E-state index contributed by atoms with van der Waals surface area (Å²) in [5.74, 6) is -0.409. The summed E-state index contributed by atoms with van der Waals surface area (Å²) >= 11 is 1.37. The molecule has 0 spiro atoms. The Hall–Kier alpha value is -2.15. The lowest BCUT2D eigenvalue weighted by molar-refractivity contribution is -0.123. The van der Waals surface area contributed by atoms with Gasteiger partial charge in [0.25, 0.3) is 5.91 Å². The summed E-state index contributed by atoms with van der Waals surface area (Å²) in [7, 11) is 0. The van der Waals surface area contributed by atoms with E-state index in [0.717, 1.165) is 10.2 Å². The monoisotopic (exact) mass is 304 g/mol. The Morgan fingerprint density at radius 3 is 2.67 bits per heavy atom. The normalized spacial score (nSPS) is 16.3. The second kappa shape index (κ2) is 5.33. The van der Waals surface area contributed by atoms with E-state index in [0.29, 0.717) is 36.6 Å². The molecule has 0 unspecified atom stereocenters. The SMILES string of the molecule is NC(=O)C1CCN(C(=O)c2ccc3nc(N)sc3c2)CC1. The molecule has 1 fully saturated rings. The van der Waals surface area contributed by atoms with Crippen molar-refractivity contribution in [3.05, 3.63) is 23.8 Å². The fourth-order valence-corrected chi connectivity index (χ4v) is 3.40. The zero-order chi connectivity index (χ0) is 15.0. The number of anilines is 1. The highest BCUT2D eigenvalue weighted by molar-refractivity contribution is 7.22. The molecule has 2 aromatic rings. The third kappa shape index (κ3) is 2.69. The largest absolute Gasteiger partial charge is 0.375 e. The number of rotatable bonds is 2. The Labute approximate surface area is 125 Å². The first-order valence-electron chi connectivity index (χ1n) is 6.79. The number of nitrogen functional groups attached to an aromatic ring is 1. The van der Waals surface area contributed by atoms with Gasteiger partial charge in [-0.05, 0) is 31.0 Å². The molecule has 6 nitrogen and oxygen atoms in total. The van der Waals surface area contributed by atoms with Gasteiger partial charge in [-0.3, -0.25) is 9.59 Å². The fraction of sp³-hybridized carbons (Fsp3) is 0.357. The maximum atomic E-state index is 12.5. The van der Waals surface area contributed by atoms with Gasteiger partial charge in [-0.15, -0.1) is 0 Å². The van der Waals surface area contributed by atoms with E-state index in [1.54, 1.807) is 11.0 Å². The molecule has 2 amide bonds. The van der Waals surface area contributed by atoms with Gasteiger partial charge in [0.1, 0.15) is 0 Å². The lowest BCUT2D eigenvalue weighted by Crippen LogP contribution is -2.41. The number of nitrogens with zero attached hydrogens (tertiary/aromatic N) is 2. The Morgan fingerprint density at radius 1 is 1.29 bits per heavy atom. The standard InChI is InChI=1S/C14H16N4O2S/c15-12(19)8-3-5-18(6-4-8)13(20)9-1-2-10-11(7-9)21-14(16)17-10/h1-2,7-8H,3-6H2,(H2,15,19)(H2,16,17). The molecule has 110 valence electrons. The number of amides is 2. The summed E-state index contributed by atoms with van der Waals surface area (Å²) in [6.07, 6.45) is 1.27. The average molecular weight is 304 g/mol. The van der Waals surface area contributed by atoms with Gasteiger partial charge in [0.05, 0.1) is 10.2 Å². The molecular formula is C14H16N4O2S. The van der Waals surface area contributed by atoms with Crippen LogP contribution in [0.25, 0.3) is 10.2 Å². The quantitative estimate of drug-likeness (QED) is 0.870. The average Bonchev–Trinajstić information content (AvgIpc) is 2.85. The molecule has 7 heteroatoms. The molecule has 0 radical (unpaired) electrons. The topological polar surface area (TPSA) is 102 Å². The zero-order valence-electron chi connectivity index (χ0n) is 11.4. The van der Waals surface area contributed by atoms with Gasteiger partial charge in [0.2, 0.25) is 5.91 Å². The number of carbonyl (C=O) groups excluding carboxylic acids is 2. The third-order valence-electron chi connectivity index (χ3n) is 3.84. The van der Waals surface area contributed by atoms with E-state index in [-0.39, 0.29) is 17.7 Å². The van der Waals surface area contributed by atoms with Crippen molar-refractivity contribution in [2.45, 2.75) is 12.8 Å². The van der Waals surface area contributed by atoms with Crippen molar-refractivity contribution in [1.29, 1.82) is 0 Å². The smallest absolute Gasteiger partial charge is 0.253 e. The minimum atomic E-state index is -0.274. The summed E-state index contributed by atoms with van der Waals surface area (Å²) in [5.41, 5.74) is 12.4. The van der Waals surface area contributed by atoms with Crippen molar-refractivity contribution in [3.63, 3.8) is 0 Å². The number of benzene rings is 1. The predicted octanol–water partition coefficient (Wildman–Crippen LogP) is 1.22. The predicted molar refractivity (Wildman–Crippen MR) is 81.9 cm³/mol. The molecule has 0 aliphatic carbocycles. The van der Waals surface area contributed by atoms with E-state index in [1.165, 1.54) is 11.3 Å². The highest BCUT2D eigenvalue weighted by Crippen LogP contribution is 2.26. The molecule has 0 atom stereocenters. The number of aromatic nitrogens is 1. The Kier molecular flexibility index (Phi) is 3.50. The number of thiazole rings is 1. The van der Waals surface area contributed by atoms with Crippen LogP contribution in [-0.2, 0) is 4.79 Å². The van der Waals surface area contributed by atoms with Crippen LogP contribution in [0.4, 0.5) is 5.13 Å². The van der Waals surface area contributed by atoms with Gasteiger partial charge in [-0.2, -0.15) is 0 Å². The van der Waals surface area contributed by atoms with Gasteiger partial charge in [-0.1, -0.05) is 11.3 Å². The summed E-state index contributed by atoms with van der Waals surface area (Å²) in [4.78, 5) is 29.6. The number of nitrogens with two attached hydrogens (primary N) is 2. The van der Waals surface area contributed by atoms with E-state index in [2.05, 4.69) is 4.98 Å². The minimum absolute atomic E-state index is 0.0215. The molecule has 4 N–H and O–H groups in total. The molecule has 1 saturated heterocycles. The second-order valence-electron chi connectivity index (χ2n) is 5.20. The van der Waals surface area contributed by atoms with Crippen LogP contribution in [0.5, 0.6) is 0 Å². The van der Waals surface area contributed by atoms with Crippen LogP contribution in [0.2, 0.25) is 0 Å². The molecule has 3 rings (SSSR count). The van der Waals surface area contributed by atoms with Crippen molar-refractivity contribution in [2.75, 3.05) is 18.8 Å². The van der Waals surface area contributed by atoms with Gasteiger partial charge in [0, 0.05) is 24.6 Å².